The first kappa shape index (κ1) is 15.1. The number of aliphatic hydroxyl groups is 1. The lowest BCUT2D eigenvalue weighted by Crippen LogP contribution is -2.25. The fourth-order valence-corrected chi connectivity index (χ4v) is 3.21. The second-order valence-corrected chi connectivity index (χ2v) is 6.52. The average Bonchev–Trinajstić information content (AvgIpc) is 2.99. The minimum absolute atomic E-state index is 0.0904. The Morgan fingerprint density at radius 1 is 1.55 bits per heavy atom. The molecule has 0 radical (unpaired) electrons. The fourth-order valence-electron chi connectivity index (χ4n) is 2.36. The maximum atomic E-state index is 12.0. The van der Waals surface area contributed by atoms with Crippen LogP contribution in [0.25, 0.3) is 0 Å². The minimum atomic E-state index is 0.0904. The van der Waals surface area contributed by atoms with Crippen LogP contribution >= 0.6 is 11.3 Å². The van der Waals surface area contributed by atoms with Crippen molar-refractivity contribution in [2.45, 2.75) is 33.2 Å². The van der Waals surface area contributed by atoms with E-state index in [9.17, 15) is 4.79 Å². The van der Waals surface area contributed by atoms with E-state index >= 15 is 0 Å². The van der Waals surface area contributed by atoms with Crippen molar-refractivity contribution in [3.63, 3.8) is 0 Å². The van der Waals surface area contributed by atoms with Gasteiger partial charge in [-0.05, 0) is 23.3 Å². The van der Waals surface area contributed by atoms with Crippen LogP contribution in [-0.4, -0.2) is 29.1 Å². The van der Waals surface area contributed by atoms with Gasteiger partial charge in [-0.15, -0.1) is 11.3 Å². The molecule has 2 rings (SSSR count). The van der Waals surface area contributed by atoms with Crippen LogP contribution in [0.1, 0.15) is 37.1 Å². The number of nitrogens with zero attached hydrogens (tertiary/aromatic N) is 1. The Kier molecular flexibility index (Phi) is 5.22. The smallest absolute Gasteiger partial charge is 0.223 e. The van der Waals surface area contributed by atoms with Crippen molar-refractivity contribution in [3.8, 4) is 11.8 Å². The lowest BCUT2D eigenvalue weighted by atomic mass is 9.95. The van der Waals surface area contributed by atoms with Crippen LogP contribution in [0, 0.1) is 23.7 Å². The van der Waals surface area contributed by atoms with E-state index in [1.54, 1.807) is 11.3 Å². The summed E-state index contributed by atoms with van der Waals surface area (Å²) < 4.78 is 0. The predicted octanol–water partition coefficient (Wildman–Crippen LogP) is 2.49. The van der Waals surface area contributed by atoms with Crippen molar-refractivity contribution >= 4 is 17.2 Å². The van der Waals surface area contributed by atoms with Gasteiger partial charge in [-0.3, -0.25) is 4.79 Å². The lowest BCUT2D eigenvalue weighted by Gasteiger charge is -2.17. The summed E-state index contributed by atoms with van der Waals surface area (Å²) in [6.07, 6.45) is 1.17. The summed E-state index contributed by atoms with van der Waals surface area (Å²) >= 11 is 1.65. The fraction of sp³-hybridized carbons (Fsp3) is 0.562. The molecule has 3 nitrogen and oxygen atoms in total. The Morgan fingerprint density at radius 2 is 2.35 bits per heavy atom. The Balaban J connectivity index is 2.03. The molecular weight excluding hydrogens is 270 g/mol. The molecule has 20 heavy (non-hydrogen) atoms. The van der Waals surface area contributed by atoms with Gasteiger partial charge >= 0.3 is 0 Å². The largest absolute Gasteiger partial charge is 0.395 e. The molecule has 108 valence electrons. The molecule has 1 N–H and O–H groups in total. The lowest BCUT2D eigenvalue weighted by molar-refractivity contribution is -0.128. The summed E-state index contributed by atoms with van der Waals surface area (Å²) in [7, 11) is 0. The van der Waals surface area contributed by atoms with E-state index in [0.29, 0.717) is 31.2 Å². The van der Waals surface area contributed by atoms with E-state index < -0.39 is 0 Å². The Hall–Kier alpha value is -1.31. The molecule has 1 aliphatic rings. The minimum Gasteiger partial charge on any atom is -0.395 e. The highest BCUT2D eigenvalue weighted by molar-refractivity contribution is 7.10. The highest BCUT2D eigenvalue weighted by atomic mass is 32.1. The maximum absolute atomic E-state index is 12.0. The Labute approximate surface area is 124 Å². The number of likely N-dealkylation sites (tertiary alicyclic amines) is 1. The Morgan fingerprint density at radius 3 is 3.00 bits per heavy atom. The summed E-state index contributed by atoms with van der Waals surface area (Å²) in [5, 5.41) is 10.8. The molecular formula is C16H21NO2S. The van der Waals surface area contributed by atoms with Gasteiger partial charge in [0.15, 0.2) is 0 Å². The van der Waals surface area contributed by atoms with Crippen molar-refractivity contribution in [1.82, 2.24) is 4.90 Å². The highest BCUT2D eigenvalue weighted by Crippen LogP contribution is 2.28. The quantitative estimate of drug-likeness (QED) is 0.866. The molecule has 0 bridgehead atoms. The number of carbonyl (C=O) groups is 1. The SMILES string of the molecule is CC(C)C1CC(=O)N(Cc2sccc2C#CCCO)C1. The second kappa shape index (κ2) is 6.92. The van der Waals surface area contributed by atoms with E-state index in [1.807, 2.05) is 16.3 Å². The van der Waals surface area contributed by atoms with Crippen LogP contribution in [0.2, 0.25) is 0 Å². The van der Waals surface area contributed by atoms with Crippen molar-refractivity contribution in [2.24, 2.45) is 11.8 Å². The predicted molar refractivity (Wildman–Crippen MR) is 81.3 cm³/mol. The maximum Gasteiger partial charge on any atom is 0.223 e. The van der Waals surface area contributed by atoms with E-state index in [1.165, 1.54) is 0 Å². The summed E-state index contributed by atoms with van der Waals surface area (Å²) in [4.78, 5) is 15.1. The molecule has 1 fully saturated rings. The van der Waals surface area contributed by atoms with E-state index in [4.69, 9.17) is 5.11 Å². The van der Waals surface area contributed by atoms with E-state index in [2.05, 4.69) is 25.7 Å². The third kappa shape index (κ3) is 3.62. The number of carbonyl (C=O) groups excluding carboxylic acids is 1. The molecule has 0 aromatic carbocycles. The zero-order valence-electron chi connectivity index (χ0n) is 12.1. The van der Waals surface area contributed by atoms with Gasteiger partial charge in [0.05, 0.1) is 13.2 Å². The first-order chi connectivity index (χ1) is 9.61. The van der Waals surface area contributed by atoms with Gasteiger partial charge in [0.1, 0.15) is 0 Å². The van der Waals surface area contributed by atoms with Crippen molar-refractivity contribution in [1.29, 1.82) is 0 Å². The molecule has 1 unspecified atom stereocenters. The number of hydrogen-bond acceptors (Lipinski definition) is 3. The van der Waals surface area contributed by atoms with Crippen molar-refractivity contribution in [2.75, 3.05) is 13.2 Å². The third-order valence-electron chi connectivity index (χ3n) is 3.73. The first-order valence-corrected chi connectivity index (χ1v) is 7.93. The number of aliphatic hydroxyl groups excluding tert-OH is 1. The van der Waals surface area contributed by atoms with Crippen LogP contribution in [-0.2, 0) is 11.3 Å². The average molecular weight is 291 g/mol. The van der Waals surface area contributed by atoms with Crippen molar-refractivity contribution in [3.05, 3.63) is 21.9 Å². The number of hydrogen-bond donors (Lipinski definition) is 1. The summed E-state index contributed by atoms with van der Waals surface area (Å²) in [5.74, 6) is 7.31. The molecule has 1 aromatic rings. The number of thiophene rings is 1. The van der Waals surface area contributed by atoms with E-state index in [0.717, 1.165) is 17.0 Å². The highest BCUT2D eigenvalue weighted by Gasteiger charge is 2.31. The monoisotopic (exact) mass is 291 g/mol. The zero-order valence-corrected chi connectivity index (χ0v) is 12.9. The van der Waals surface area contributed by atoms with Gasteiger partial charge in [-0.25, -0.2) is 0 Å². The number of amides is 1. The molecule has 1 amide bonds. The molecule has 0 saturated carbocycles. The van der Waals surface area contributed by atoms with Gasteiger partial charge in [0.2, 0.25) is 5.91 Å². The molecule has 0 spiro atoms. The van der Waals surface area contributed by atoms with Gasteiger partial charge < -0.3 is 10.0 Å². The van der Waals surface area contributed by atoms with Gasteiger partial charge in [0.25, 0.3) is 0 Å². The normalized spacial score (nSPS) is 18.5. The van der Waals surface area contributed by atoms with Crippen LogP contribution in [0.5, 0.6) is 0 Å². The van der Waals surface area contributed by atoms with Gasteiger partial charge in [-0.2, -0.15) is 0 Å². The Bertz CT molecular complexity index is 524. The third-order valence-corrected chi connectivity index (χ3v) is 4.63. The zero-order chi connectivity index (χ0) is 14.5. The first-order valence-electron chi connectivity index (χ1n) is 7.05. The molecule has 4 heteroatoms. The topological polar surface area (TPSA) is 40.5 Å². The van der Waals surface area contributed by atoms with Crippen LogP contribution in [0.15, 0.2) is 11.4 Å². The molecule has 2 heterocycles. The molecule has 1 atom stereocenters. The summed E-state index contributed by atoms with van der Waals surface area (Å²) in [6.45, 7) is 5.98. The van der Waals surface area contributed by atoms with Gasteiger partial charge in [0, 0.05) is 29.8 Å². The standard InChI is InChI=1S/C16H21NO2S/c1-12(2)14-9-16(19)17(10-14)11-15-13(6-8-20-15)5-3-4-7-18/h6,8,12,14,18H,4,7,9-11H2,1-2H3. The van der Waals surface area contributed by atoms with Crippen LogP contribution in [0.3, 0.4) is 0 Å². The molecule has 1 aliphatic heterocycles. The second-order valence-electron chi connectivity index (χ2n) is 5.52. The summed E-state index contributed by atoms with van der Waals surface area (Å²) in [5.41, 5.74) is 0.990. The molecule has 1 aromatic heterocycles. The van der Waals surface area contributed by atoms with Crippen molar-refractivity contribution < 1.29 is 9.90 Å². The van der Waals surface area contributed by atoms with Gasteiger partial charge in [-0.1, -0.05) is 25.7 Å². The van der Waals surface area contributed by atoms with E-state index in [-0.39, 0.29) is 12.5 Å². The van der Waals surface area contributed by atoms with Crippen LogP contribution < -0.4 is 0 Å². The van der Waals surface area contributed by atoms with Crippen LogP contribution in [0.4, 0.5) is 0 Å². The molecule has 1 saturated heterocycles. The molecule has 0 aliphatic carbocycles. The summed E-state index contributed by atoms with van der Waals surface area (Å²) in [6, 6.07) is 1.99. The number of rotatable bonds is 4.